The summed E-state index contributed by atoms with van der Waals surface area (Å²) >= 11 is 5.48. The van der Waals surface area contributed by atoms with Crippen molar-refractivity contribution in [1.29, 1.82) is 0 Å². The zero-order chi connectivity index (χ0) is 18.4. The van der Waals surface area contributed by atoms with Crippen molar-refractivity contribution < 1.29 is 0 Å². The Hall–Kier alpha value is -1.87. The lowest BCUT2D eigenvalue weighted by molar-refractivity contribution is 0.420. The molecule has 0 aliphatic heterocycles. The average molecular weight is 355 g/mol. The molecule has 0 aromatic heterocycles. The van der Waals surface area contributed by atoms with E-state index < -0.39 is 0 Å². The fraction of sp³-hybridized carbons (Fsp3) is 0.409. The first kappa shape index (κ1) is 19.5. The van der Waals surface area contributed by atoms with Crippen LogP contribution in [0.2, 0.25) is 0 Å². The molecule has 0 saturated heterocycles. The SMILES string of the molecule is CC(C)c1ccc(NC(=S)N[C@H](C)CC(C)(C)c2ccccc2)cc1. The quantitative estimate of drug-likeness (QED) is 0.636. The van der Waals surface area contributed by atoms with Crippen molar-refractivity contribution in [3.8, 4) is 0 Å². The molecular weight excluding hydrogens is 324 g/mol. The second-order valence-electron chi connectivity index (χ2n) is 7.73. The summed E-state index contributed by atoms with van der Waals surface area (Å²) in [5, 5.41) is 7.37. The third-order valence-electron chi connectivity index (χ3n) is 4.58. The minimum atomic E-state index is 0.0994. The Labute approximate surface area is 158 Å². The molecular formula is C22H30N2S. The van der Waals surface area contributed by atoms with E-state index >= 15 is 0 Å². The van der Waals surface area contributed by atoms with Crippen LogP contribution in [0.5, 0.6) is 0 Å². The lowest BCUT2D eigenvalue weighted by Gasteiger charge is -2.29. The fourth-order valence-electron chi connectivity index (χ4n) is 3.17. The molecule has 2 aromatic rings. The lowest BCUT2D eigenvalue weighted by Crippen LogP contribution is -2.39. The van der Waals surface area contributed by atoms with Gasteiger partial charge in [0.1, 0.15) is 0 Å². The number of nitrogens with one attached hydrogen (secondary N) is 2. The number of anilines is 1. The molecule has 134 valence electrons. The topological polar surface area (TPSA) is 24.1 Å². The maximum atomic E-state index is 5.48. The minimum Gasteiger partial charge on any atom is -0.360 e. The van der Waals surface area contributed by atoms with Crippen molar-refractivity contribution in [2.45, 2.75) is 58.4 Å². The molecule has 0 saturated carbocycles. The van der Waals surface area contributed by atoms with Crippen LogP contribution < -0.4 is 10.6 Å². The van der Waals surface area contributed by atoms with Gasteiger partial charge in [0.2, 0.25) is 0 Å². The van der Waals surface area contributed by atoms with Crippen molar-refractivity contribution in [1.82, 2.24) is 5.32 Å². The molecule has 25 heavy (non-hydrogen) atoms. The molecule has 0 unspecified atom stereocenters. The van der Waals surface area contributed by atoms with E-state index in [1.165, 1.54) is 11.1 Å². The smallest absolute Gasteiger partial charge is 0.170 e. The molecule has 0 spiro atoms. The molecule has 2 aromatic carbocycles. The van der Waals surface area contributed by atoms with Crippen LogP contribution in [-0.4, -0.2) is 11.2 Å². The molecule has 0 bridgehead atoms. The van der Waals surface area contributed by atoms with Gasteiger partial charge in [0, 0.05) is 11.7 Å². The van der Waals surface area contributed by atoms with Gasteiger partial charge in [-0.25, -0.2) is 0 Å². The summed E-state index contributed by atoms with van der Waals surface area (Å²) in [4.78, 5) is 0. The van der Waals surface area contributed by atoms with Crippen LogP contribution in [-0.2, 0) is 5.41 Å². The zero-order valence-corrected chi connectivity index (χ0v) is 16.8. The molecule has 2 N–H and O–H groups in total. The summed E-state index contributed by atoms with van der Waals surface area (Å²) < 4.78 is 0. The van der Waals surface area contributed by atoms with Crippen LogP contribution >= 0.6 is 12.2 Å². The Morgan fingerprint density at radius 2 is 1.56 bits per heavy atom. The second kappa shape index (κ2) is 8.48. The molecule has 3 heteroatoms. The van der Waals surface area contributed by atoms with Crippen LogP contribution in [0.1, 0.15) is 58.1 Å². The molecule has 0 amide bonds. The Morgan fingerprint density at radius 3 is 2.12 bits per heavy atom. The predicted octanol–water partition coefficient (Wildman–Crippen LogP) is 5.85. The van der Waals surface area contributed by atoms with Gasteiger partial charge in [-0.2, -0.15) is 0 Å². The monoisotopic (exact) mass is 354 g/mol. The van der Waals surface area contributed by atoms with Gasteiger partial charge in [0.15, 0.2) is 5.11 Å². The van der Waals surface area contributed by atoms with Crippen molar-refractivity contribution in [3.63, 3.8) is 0 Å². The third kappa shape index (κ3) is 5.86. The van der Waals surface area contributed by atoms with Gasteiger partial charge in [-0.05, 0) is 60.2 Å². The maximum absolute atomic E-state index is 5.48. The van der Waals surface area contributed by atoms with Crippen molar-refractivity contribution in [2.75, 3.05) is 5.32 Å². The Bertz CT molecular complexity index is 675. The van der Waals surface area contributed by atoms with Crippen LogP contribution in [0.15, 0.2) is 54.6 Å². The summed E-state index contributed by atoms with van der Waals surface area (Å²) in [7, 11) is 0. The van der Waals surface area contributed by atoms with Crippen molar-refractivity contribution in [2.24, 2.45) is 0 Å². The average Bonchev–Trinajstić information content (AvgIpc) is 2.55. The number of benzene rings is 2. The highest BCUT2D eigenvalue weighted by Crippen LogP contribution is 2.28. The first-order chi connectivity index (χ1) is 11.8. The Balaban J connectivity index is 1.89. The van der Waals surface area contributed by atoms with Crippen LogP contribution in [0.4, 0.5) is 5.69 Å². The summed E-state index contributed by atoms with van der Waals surface area (Å²) in [6, 6.07) is 19.4. The van der Waals surface area contributed by atoms with E-state index in [1.807, 2.05) is 0 Å². The van der Waals surface area contributed by atoms with E-state index in [2.05, 4.69) is 99.8 Å². The van der Waals surface area contributed by atoms with Gasteiger partial charge < -0.3 is 10.6 Å². The molecule has 0 radical (unpaired) electrons. The number of hydrogen-bond donors (Lipinski definition) is 2. The highest BCUT2D eigenvalue weighted by molar-refractivity contribution is 7.80. The standard InChI is InChI=1S/C22H30N2S/c1-16(2)18-11-13-20(14-12-18)24-21(25)23-17(3)15-22(4,5)19-9-7-6-8-10-19/h6-14,16-17H,15H2,1-5H3,(H2,23,24,25)/t17-/m1/s1. The summed E-state index contributed by atoms with van der Waals surface area (Å²) in [5.74, 6) is 0.541. The van der Waals surface area contributed by atoms with Gasteiger partial charge in [-0.3, -0.25) is 0 Å². The number of rotatable bonds is 6. The minimum absolute atomic E-state index is 0.0994. The van der Waals surface area contributed by atoms with Crippen LogP contribution in [0.25, 0.3) is 0 Å². The lowest BCUT2D eigenvalue weighted by atomic mass is 9.79. The predicted molar refractivity (Wildman–Crippen MR) is 113 cm³/mol. The zero-order valence-electron chi connectivity index (χ0n) is 16.0. The van der Waals surface area contributed by atoms with E-state index in [1.54, 1.807) is 0 Å². The Kier molecular flexibility index (Phi) is 6.60. The molecule has 0 heterocycles. The second-order valence-corrected chi connectivity index (χ2v) is 8.14. The molecule has 0 fully saturated rings. The van der Waals surface area contributed by atoms with E-state index in [-0.39, 0.29) is 11.5 Å². The summed E-state index contributed by atoms with van der Waals surface area (Å²) in [6.07, 6.45) is 1.01. The summed E-state index contributed by atoms with van der Waals surface area (Å²) in [6.45, 7) is 11.1. The van der Waals surface area contributed by atoms with Crippen LogP contribution in [0, 0.1) is 0 Å². The van der Waals surface area contributed by atoms with Gasteiger partial charge in [-0.15, -0.1) is 0 Å². The highest BCUT2D eigenvalue weighted by atomic mass is 32.1. The fourth-order valence-corrected chi connectivity index (χ4v) is 3.49. The first-order valence-corrected chi connectivity index (χ1v) is 9.42. The van der Waals surface area contributed by atoms with Gasteiger partial charge in [-0.1, -0.05) is 70.2 Å². The van der Waals surface area contributed by atoms with E-state index in [0.717, 1.165) is 12.1 Å². The Morgan fingerprint density at radius 1 is 0.960 bits per heavy atom. The normalized spacial score (nSPS) is 12.7. The number of thiocarbonyl (C=S) groups is 1. The van der Waals surface area contributed by atoms with E-state index in [9.17, 15) is 0 Å². The van der Waals surface area contributed by atoms with Crippen LogP contribution in [0.3, 0.4) is 0 Å². The molecule has 2 rings (SSSR count). The highest BCUT2D eigenvalue weighted by Gasteiger charge is 2.23. The van der Waals surface area contributed by atoms with Crippen molar-refractivity contribution >= 4 is 23.0 Å². The number of hydrogen-bond acceptors (Lipinski definition) is 1. The van der Waals surface area contributed by atoms with Gasteiger partial charge >= 0.3 is 0 Å². The van der Waals surface area contributed by atoms with Gasteiger partial charge in [0.25, 0.3) is 0 Å². The van der Waals surface area contributed by atoms with Gasteiger partial charge in [0.05, 0.1) is 0 Å². The molecule has 0 aliphatic rings. The van der Waals surface area contributed by atoms with Crippen molar-refractivity contribution in [3.05, 3.63) is 65.7 Å². The van der Waals surface area contributed by atoms with E-state index in [4.69, 9.17) is 12.2 Å². The maximum Gasteiger partial charge on any atom is 0.170 e. The van der Waals surface area contributed by atoms with E-state index in [0.29, 0.717) is 11.0 Å². The largest absolute Gasteiger partial charge is 0.360 e. The first-order valence-electron chi connectivity index (χ1n) is 9.01. The third-order valence-corrected chi connectivity index (χ3v) is 4.80. The molecule has 0 aliphatic carbocycles. The molecule has 2 nitrogen and oxygen atoms in total. The molecule has 1 atom stereocenters. The summed E-state index contributed by atoms with van der Waals surface area (Å²) in [5.41, 5.74) is 3.81.